The van der Waals surface area contributed by atoms with Crippen molar-refractivity contribution < 1.29 is 4.39 Å². The van der Waals surface area contributed by atoms with Gasteiger partial charge < -0.3 is 4.98 Å². The summed E-state index contributed by atoms with van der Waals surface area (Å²) in [5.74, 6) is -0.248. The van der Waals surface area contributed by atoms with Crippen molar-refractivity contribution in [3.05, 3.63) is 59.6 Å². The van der Waals surface area contributed by atoms with Gasteiger partial charge in [-0.2, -0.15) is 0 Å². The average Bonchev–Trinajstić information content (AvgIpc) is 2.83. The SMILES string of the molecule is C=C(C)c1cnc(Cl)cc1-c1cc2c(F)cccc2[nH]1. The molecule has 0 amide bonds. The molecule has 0 radical (unpaired) electrons. The van der Waals surface area contributed by atoms with Crippen LogP contribution in [0.1, 0.15) is 12.5 Å². The Morgan fingerprint density at radius 1 is 1.35 bits per heavy atom. The number of hydrogen-bond donors (Lipinski definition) is 1. The van der Waals surface area contributed by atoms with Crippen molar-refractivity contribution in [1.82, 2.24) is 9.97 Å². The molecule has 0 aliphatic rings. The maximum atomic E-state index is 13.8. The molecule has 20 heavy (non-hydrogen) atoms. The molecule has 0 fully saturated rings. The van der Waals surface area contributed by atoms with Gasteiger partial charge in [0.25, 0.3) is 0 Å². The fourth-order valence-corrected chi connectivity index (χ4v) is 2.41. The molecule has 3 rings (SSSR count). The minimum Gasteiger partial charge on any atom is -0.354 e. The van der Waals surface area contributed by atoms with E-state index in [1.54, 1.807) is 24.4 Å². The van der Waals surface area contributed by atoms with Crippen LogP contribution >= 0.6 is 11.6 Å². The highest BCUT2D eigenvalue weighted by Crippen LogP contribution is 2.32. The van der Waals surface area contributed by atoms with Gasteiger partial charge in [0.1, 0.15) is 11.0 Å². The Balaban J connectivity index is 2.27. The van der Waals surface area contributed by atoms with Crippen LogP contribution < -0.4 is 0 Å². The van der Waals surface area contributed by atoms with Gasteiger partial charge in [-0.05, 0) is 36.8 Å². The second-order valence-electron chi connectivity index (χ2n) is 4.72. The van der Waals surface area contributed by atoms with Crippen LogP contribution in [0.25, 0.3) is 27.7 Å². The topological polar surface area (TPSA) is 28.7 Å². The van der Waals surface area contributed by atoms with E-state index >= 15 is 0 Å². The first kappa shape index (κ1) is 12.9. The maximum absolute atomic E-state index is 13.8. The molecule has 0 aliphatic heterocycles. The first-order valence-electron chi connectivity index (χ1n) is 6.15. The Morgan fingerprint density at radius 2 is 2.15 bits per heavy atom. The van der Waals surface area contributed by atoms with Crippen molar-refractivity contribution in [2.24, 2.45) is 0 Å². The lowest BCUT2D eigenvalue weighted by Gasteiger charge is -2.07. The quantitative estimate of drug-likeness (QED) is 0.656. The highest BCUT2D eigenvalue weighted by atomic mass is 35.5. The fourth-order valence-electron chi connectivity index (χ4n) is 2.26. The number of rotatable bonds is 2. The smallest absolute Gasteiger partial charge is 0.132 e. The molecule has 1 N–H and O–H groups in total. The molecule has 1 aromatic carbocycles. The molecule has 0 aliphatic carbocycles. The van der Waals surface area contributed by atoms with E-state index < -0.39 is 0 Å². The number of nitrogens with zero attached hydrogens (tertiary/aromatic N) is 1. The van der Waals surface area contributed by atoms with Crippen LogP contribution in [-0.2, 0) is 0 Å². The van der Waals surface area contributed by atoms with Crippen LogP contribution in [-0.4, -0.2) is 9.97 Å². The summed E-state index contributed by atoms with van der Waals surface area (Å²) in [4.78, 5) is 7.28. The van der Waals surface area contributed by atoms with Gasteiger partial charge in [-0.1, -0.05) is 24.2 Å². The van der Waals surface area contributed by atoms with E-state index in [1.165, 1.54) is 6.07 Å². The third-order valence-corrected chi connectivity index (χ3v) is 3.44. The molecule has 4 heteroatoms. The molecule has 0 bridgehead atoms. The van der Waals surface area contributed by atoms with Crippen LogP contribution in [0.2, 0.25) is 5.15 Å². The third kappa shape index (κ3) is 2.10. The van der Waals surface area contributed by atoms with Crippen LogP contribution in [0.5, 0.6) is 0 Å². The first-order chi connectivity index (χ1) is 9.56. The Bertz CT molecular complexity index is 820. The molecule has 2 aromatic heterocycles. The van der Waals surface area contributed by atoms with Crippen LogP contribution in [0.15, 0.2) is 43.1 Å². The predicted octanol–water partition coefficient (Wildman–Crippen LogP) is 5.06. The van der Waals surface area contributed by atoms with E-state index in [0.717, 1.165) is 27.9 Å². The molecule has 100 valence electrons. The summed E-state index contributed by atoms with van der Waals surface area (Å²) >= 11 is 5.97. The standard InChI is InChI=1S/C16H12ClFN2/c1-9(2)12-8-19-16(17)7-10(12)15-6-11-13(18)4-3-5-14(11)20-15/h3-8,20H,1H2,2H3. The predicted molar refractivity (Wildman–Crippen MR) is 81.2 cm³/mol. The number of halogens is 2. The lowest BCUT2D eigenvalue weighted by molar-refractivity contribution is 0.640. The normalized spacial score (nSPS) is 10.9. The molecule has 0 saturated heterocycles. The Labute approximate surface area is 120 Å². The number of nitrogens with one attached hydrogen (secondary N) is 1. The van der Waals surface area contributed by atoms with Crippen molar-refractivity contribution in [2.75, 3.05) is 0 Å². The summed E-state index contributed by atoms with van der Waals surface area (Å²) in [6.07, 6.45) is 1.68. The molecule has 2 heterocycles. The largest absolute Gasteiger partial charge is 0.354 e. The number of H-pyrrole nitrogens is 1. The first-order valence-corrected chi connectivity index (χ1v) is 6.53. The molecule has 0 spiro atoms. The zero-order valence-corrected chi connectivity index (χ0v) is 11.6. The number of aromatic nitrogens is 2. The fraction of sp³-hybridized carbons (Fsp3) is 0.0625. The summed E-state index contributed by atoms with van der Waals surface area (Å²) in [6, 6.07) is 8.50. The number of hydrogen-bond acceptors (Lipinski definition) is 1. The number of aromatic amines is 1. The van der Waals surface area contributed by atoms with Crippen molar-refractivity contribution >= 4 is 28.1 Å². The van der Waals surface area contributed by atoms with Crippen molar-refractivity contribution in [3.8, 4) is 11.3 Å². The lowest BCUT2D eigenvalue weighted by atomic mass is 10.0. The molecule has 0 saturated carbocycles. The Kier molecular flexibility index (Phi) is 3.07. The second kappa shape index (κ2) is 4.76. The van der Waals surface area contributed by atoms with E-state index in [4.69, 9.17) is 11.6 Å². The van der Waals surface area contributed by atoms with Gasteiger partial charge in [0, 0.05) is 33.9 Å². The minimum absolute atomic E-state index is 0.248. The molecule has 2 nitrogen and oxygen atoms in total. The van der Waals surface area contributed by atoms with Gasteiger partial charge in [-0.25, -0.2) is 9.37 Å². The van der Waals surface area contributed by atoms with Gasteiger partial charge in [-0.15, -0.1) is 0 Å². The van der Waals surface area contributed by atoms with E-state index in [2.05, 4.69) is 16.5 Å². The van der Waals surface area contributed by atoms with Gasteiger partial charge in [0.2, 0.25) is 0 Å². The molecule has 0 atom stereocenters. The second-order valence-corrected chi connectivity index (χ2v) is 5.10. The number of fused-ring (bicyclic) bond motifs is 1. The molecular formula is C16H12ClFN2. The zero-order valence-electron chi connectivity index (χ0n) is 10.9. The number of pyridine rings is 1. The Morgan fingerprint density at radius 3 is 2.85 bits per heavy atom. The molecular weight excluding hydrogens is 275 g/mol. The van der Waals surface area contributed by atoms with E-state index in [0.29, 0.717) is 10.5 Å². The third-order valence-electron chi connectivity index (χ3n) is 3.23. The maximum Gasteiger partial charge on any atom is 0.132 e. The zero-order chi connectivity index (χ0) is 14.3. The van der Waals surface area contributed by atoms with Gasteiger partial charge in [0.15, 0.2) is 0 Å². The lowest BCUT2D eigenvalue weighted by Crippen LogP contribution is -1.89. The highest BCUT2D eigenvalue weighted by Gasteiger charge is 2.12. The van der Waals surface area contributed by atoms with Crippen LogP contribution in [0, 0.1) is 5.82 Å². The van der Waals surface area contributed by atoms with Gasteiger partial charge >= 0.3 is 0 Å². The molecule has 0 unspecified atom stereocenters. The number of benzene rings is 1. The van der Waals surface area contributed by atoms with Crippen molar-refractivity contribution in [2.45, 2.75) is 6.92 Å². The number of allylic oxidation sites excluding steroid dienone is 1. The van der Waals surface area contributed by atoms with Crippen LogP contribution in [0.4, 0.5) is 4.39 Å². The summed E-state index contributed by atoms with van der Waals surface area (Å²) in [5, 5.41) is 0.951. The minimum atomic E-state index is -0.248. The highest BCUT2D eigenvalue weighted by molar-refractivity contribution is 6.29. The summed E-state index contributed by atoms with van der Waals surface area (Å²) in [7, 11) is 0. The molecule has 3 aromatic rings. The van der Waals surface area contributed by atoms with E-state index in [-0.39, 0.29) is 5.82 Å². The summed E-state index contributed by atoms with van der Waals surface area (Å²) in [6.45, 7) is 5.84. The van der Waals surface area contributed by atoms with E-state index in [9.17, 15) is 4.39 Å². The van der Waals surface area contributed by atoms with E-state index in [1.807, 2.05) is 13.0 Å². The van der Waals surface area contributed by atoms with Crippen molar-refractivity contribution in [3.63, 3.8) is 0 Å². The van der Waals surface area contributed by atoms with Gasteiger partial charge in [0.05, 0.1) is 0 Å². The van der Waals surface area contributed by atoms with Gasteiger partial charge in [-0.3, -0.25) is 0 Å². The Hall–Kier alpha value is -2.13. The monoisotopic (exact) mass is 286 g/mol. The summed E-state index contributed by atoms with van der Waals surface area (Å²) < 4.78 is 13.8. The summed E-state index contributed by atoms with van der Waals surface area (Å²) in [5.41, 5.74) is 4.19. The average molecular weight is 287 g/mol. The van der Waals surface area contributed by atoms with Crippen LogP contribution in [0.3, 0.4) is 0 Å². The van der Waals surface area contributed by atoms with Crippen molar-refractivity contribution in [1.29, 1.82) is 0 Å².